The maximum absolute atomic E-state index is 12.3. The average molecular weight is 331 g/mol. The molecule has 5 nitrogen and oxygen atoms in total. The molecule has 1 aromatic carbocycles. The average Bonchev–Trinajstić information content (AvgIpc) is 2.93. The molecule has 0 radical (unpaired) electrons. The smallest absolute Gasteiger partial charge is 0.266 e. The Kier molecular flexibility index (Phi) is 5.09. The molecular weight excluding hydrogens is 316 g/mol. The molecule has 0 saturated carbocycles. The van der Waals surface area contributed by atoms with Gasteiger partial charge in [-0.15, -0.1) is 0 Å². The molecule has 0 saturated heterocycles. The van der Waals surface area contributed by atoms with Gasteiger partial charge in [0, 0.05) is 17.2 Å². The van der Waals surface area contributed by atoms with Crippen LogP contribution in [0, 0.1) is 25.2 Å². The molecule has 0 aliphatic rings. The zero-order valence-corrected chi connectivity index (χ0v) is 13.7. The normalized spacial score (nSPS) is 11.0. The van der Waals surface area contributed by atoms with Crippen molar-refractivity contribution in [2.24, 2.45) is 0 Å². The van der Waals surface area contributed by atoms with Gasteiger partial charge < -0.3 is 14.5 Å². The van der Waals surface area contributed by atoms with Crippen molar-refractivity contribution in [3.05, 3.63) is 51.9 Å². The Labute approximate surface area is 139 Å². The van der Waals surface area contributed by atoms with Gasteiger partial charge in [-0.2, -0.15) is 5.26 Å². The van der Waals surface area contributed by atoms with E-state index in [4.69, 9.17) is 20.8 Å². The Morgan fingerprint density at radius 1 is 1.39 bits per heavy atom. The van der Waals surface area contributed by atoms with Gasteiger partial charge in [-0.05, 0) is 37.6 Å². The van der Waals surface area contributed by atoms with Crippen molar-refractivity contribution in [1.29, 1.82) is 5.26 Å². The van der Waals surface area contributed by atoms with Gasteiger partial charge >= 0.3 is 0 Å². The Morgan fingerprint density at radius 3 is 2.70 bits per heavy atom. The number of halogens is 1. The van der Waals surface area contributed by atoms with Crippen LogP contribution in [-0.2, 0) is 4.79 Å². The molecule has 6 heteroatoms. The van der Waals surface area contributed by atoms with Crippen molar-refractivity contribution >= 4 is 29.3 Å². The molecule has 2 rings (SSSR count). The van der Waals surface area contributed by atoms with Gasteiger partial charge in [0.2, 0.25) is 0 Å². The summed E-state index contributed by atoms with van der Waals surface area (Å²) in [6, 6.07) is 8.60. The molecule has 1 heterocycles. The summed E-state index contributed by atoms with van der Waals surface area (Å²) >= 11 is 6.03. The molecule has 0 spiro atoms. The summed E-state index contributed by atoms with van der Waals surface area (Å²) < 4.78 is 10.5. The second-order valence-corrected chi connectivity index (χ2v) is 5.28. The van der Waals surface area contributed by atoms with E-state index in [0.29, 0.717) is 28.0 Å². The molecule has 0 bridgehead atoms. The van der Waals surface area contributed by atoms with Crippen LogP contribution in [-0.4, -0.2) is 13.0 Å². The van der Waals surface area contributed by atoms with Crippen LogP contribution in [0.1, 0.15) is 17.1 Å². The molecule has 2 aromatic rings. The van der Waals surface area contributed by atoms with E-state index in [1.54, 1.807) is 31.2 Å². The highest BCUT2D eigenvalue weighted by molar-refractivity contribution is 6.31. The minimum absolute atomic E-state index is 0.0750. The quantitative estimate of drug-likeness (QED) is 0.676. The number of anilines is 1. The van der Waals surface area contributed by atoms with Crippen LogP contribution in [0.2, 0.25) is 5.02 Å². The van der Waals surface area contributed by atoms with Gasteiger partial charge in [-0.1, -0.05) is 11.6 Å². The predicted octanol–water partition coefficient (Wildman–Crippen LogP) is 4.10. The van der Waals surface area contributed by atoms with Crippen molar-refractivity contribution in [1.82, 2.24) is 0 Å². The summed E-state index contributed by atoms with van der Waals surface area (Å²) in [6.07, 6.45) is 1.39. The number of hydrogen-bond acceptors (Lipinski definition) is 4. The first-order valence-electron chi connectivity index (χ1n) is 6.78. The number of carbonyl (C=O) groups is 1. The van der Waals surface area contributed by atoms with E-state index in [0.717, 1.165) is 5.56 Å². The van der Waals surface area contributed by atoms with E-state index < -0.39 is 5.91 Å². The van der Waals surface area contributed by atoms with Gasteiger partial charge in [-0.25, -0.2) is 0 Å². The maximum Gasteiger partial charge on any atom is 0.266 e. The van der Waals surface area contributed by atoms with E-state index in [1.165, 1.54) is 13.2 Å². The fraction of sp³-hybridized carbons (Fsp3) is 0.176. The maximum atomic E-state index is 12.3. The molecule has 23 heavy (non-hydrogen) atoms. The number of furan rings is 1. The highest BCUT2D eigenvalue weighted by atomic mass is 35.5. The van der Waals surface area contributed by atoms with Crippen LogP contribution in [0.3, 0.4) is 0 Å². The third-order valence-corrected chi connectivity index (χ3v) is 3.55. The molecule has 0 fully saturated rings. The number of rotatable bonds is 4. The third-order valence-electron chi connectivity index (χ3n) is 3.14. The van der Waals surface area contributed by atoms with Crippen LogP contribution in [0.15, 0.2) is 34.3 Å². The summed E-state index contributed by atoms with van der Waals surface area (Å²) in [6.45, 7) is 3.59. The summed E-state index contributed by atoms with van der Waals surface area (Å²) in [5, 5.41) is 12.4. The first kappa shape index (κ1) is 16.7. The number of methoxy groups -OCH3 is 1. The molecule has 0 aliphatic heterocycles. The largest absolute Gasteiger partial charge is 0.495 e. The lowest BCUT2D eigenvalue weighted by atomic mass is 10.1. The lowest BCUT2D eigenvalue weighted by molar-refractivity contribution is -0.112. The van der Waals surface area contributed by atoms with Crippen LogP contribution < -0.4 is 10.1 Å². The zero-order chi connectivity index (χ0) is 17.0. The molecule has 1 amide bonds. The number of nitrogens with zero attached hydrogens (tertiary/aromatic N) is 1. The van der Waals surface area contributed by atoms with Crippen LogP contribution >= 0.6 is 11.6 Å². The van der Waals surface area contributed by atoms with E-state index >= 15 is 0 Å². The fourth-order valence-electron chi connectivity index (χ4n) is 1.94. The van der Waals surface area contributed by atoms with Gasteiger partial charge in [0.25, 0.3) is 5.91 Å². The standard InChI is InChI=1S/C17H15ClN2O3/c1-10-6-15(16(22-3)8-14(10)18)20-17(21)12(9-19)7-13-5-4-11(2)23-13/h4-8H,1-3H3,(H,20,21). The highest BCUT2D eigenvalue weighted by Crippen LogP contribution is 2.31. The summed E-state index contributed by atoms with van der Waals surface area (Å²) in [5.41, 5.74) is 1.15. The van der Waals surface area contributed by atoms with Crippen molar-refractivity contribution in [2.75, 3.05) is 12.4 Å². The van der Waals surface area contributed by atoms with Crippen molar-refractivity contribution < 1.29 is 13.9 Å². The Bertz CT molecular complexity index is 816. The molecule has 0 atom stereocenters. The first-order chi connectivity index (χ1) is 10.9. The van der Waals surface area contributed by atoms with Crippen molar-refractivity contribution in [3.63, 3.8) is 0 Å². The van der Waals surface area contributed by atoms with Gasteiger partial charge in [0.1, 0.15) is 28.9 Å². The number of nitrogens with one attached hydrogen (secondary N) is 1. The number of benzene rings is 1. The number of aryl methyl sites for hydroxylation is 2. The fourth-order valence-corrected chi connectivity index (χ4v) is 2.09. The molecule has 1 aromatic heterocycles. The SMILES string of the molecule is COc1cc(Cl)c(C)cc1NC(=O)C(C#N)=Cc1ccc(C)o1. The molecule has 0 unspecified atom stereocenters. The predicted molar refractivity (Wildman–Crippen MR) is 88.4 cm³/mol. The summed E-state index contributed by atoms with van der Waals surface area (Å²) in [4.78, 5) is 12.3. The summed E-state index contributed by atoms with van der Waals surface area (Å²) in [5.74, 6) is 0.999. The first-order valence-corrected chi connectivity index (χ1v) is 7.16. The van der Waals surface area contributed by atoms with Crippen LogP contribution in [0.25, 0.3) is 6.08 Å². The lowest BCUT2D eigenvalue weighted by Gasteiger charge is -2.11. The van der Waals surface area contributed by atoms with Crippen LogP contribution in [0.5, 0.6) is 5.75 Å². The number of nitriles is 1. The second-order valence-electron chi connectivity index (χ2n) is 4.87. The lowest BCUT2D eigenvalue weighted by Crippen LogP contribution is -2.14. The van der Waals surface area contributed by atoms with Gasteiger partial charge in [0.05, 0.1) is 12.8 Å². The highest BCUT2D eigenvalue weighted by Gasteiger charge is 2.14. The number of amides is 1. The Balaban J connectivity index is 2.29. The minimum Gasteiger partial charge on any atom is -0.495 e. The summed E-state index contributed by atoms with van der Waals surface area (Å²) in [7, 11) is 1.48. The van der Waals surface area contributed by atoms with Gasteiger partial charge in [-0.3, -0.25) is 4.79 Å². The number of carbonyl (C=O) groups excluding carboxylic acids is 1. The zero-order valence-electron chi connectivity index (χ0n) is 12.9. The van der Waals surface area contributed by atoms with E-state index in [-0.39, 0.29) is 5.57 Å². The minimum atomic E-state index is -0.554. The van der Waals surface area contributed by atoms with Crippen molar-refractivity contribution in [3.8, 4) is 11.8 Å². The molecule has 1 N–H and O–H groups in total. The topological polar surface area (TPSA) is 75.3 Å². The monoisotopic (exact) mass is 330 g/mol. The molecule has 0 aliphatic carbocycles. The number of hydrogen-bond donors (Lipinski definition) is 1. The van der Waals surface area contributed by atoms with Gasteiger partial charge in [0.15, 0.2) is 0 Å². The van der Waals surface area contributed by atoms with E-state index in [1.807, 2.05) is 13.0 Å². The van der Waals surface area contributed by atoms with Crippen LogP contribution in [0.4, 0.5) is 5.69 Å². The van der Waals surface area contributed by atoms with E-state index in [9.17, 15) is 10.1 Å². The van der Waals surface area contributed by atoms with E-state index in [2.05, 4.69) is 5.32 Å². The number of ether oxygens (including phenoxy) is 1. The Morgan fingerprint density at radius 2 is 2.13 bits per heavy atom. The second kappa shape index (κ2) is 7.03. The Hall–Kier alpha value is -2.71. The third kappa shape index (κ3) is 3.93. The molecule has 118 valence electrons. The molecular formula is C17H15ClN2O3. The van der Waals surface area contributed by atoms with Crippen molar-refractivity contribution in [2.45, 2.75) is 13.8 Å².